The molecule has 66 valence electrons. The molecule has 1 aromatic rings. The zero-order valence-electron chi connectivity index (χ0n) is 7.79. The molecule has 0 bridgehead atoms. The molecule has 0 aliphatic rings. The van der Waals surface area contributed by atoms with Crippen molar-refractivity contribution in [2.45, 2.75) is 20.8 Å². The number of carbonyl (C=O) groups is 1. The van der Waals surface area contributed by atoms with Crippen LogP contribution < -0.4 is 5.73 Å². The molecule has 0 radical (unpaired) electrons. The Labute approximate surface area is 73.4 Å². The van der Waals surface area contributed by atoms with Gasteiger partial charge in [0.05, 0.1) is 0 Å². The summed E-state index contributed by atoms with van der Waals surface area (Å²) in [4.78, 5) is 8.58. The van der Waals surface area contributed by atoms with E-state index in [9.17, 15) is 0 Å². The quantitative estimate of drug-likeness (QED) is 0.584. The predicted molar refractivity (Wildman–Crippen MR) is 50.9 cm³/mol. The van der Waals surface area contributed by atoms with Crippen LogP contribution in [0, 0.1) is 20.8 Å². The third kappa shape index (κ3) is 4.50. The Morgan fingerprint density at radius 3 is 1.33 bits per heavy atom. The van der Waals surface area contributed by atoms with Crippen LogP contribution in [0.25, 0.3) is 0 Å². The number of amides is 1. The molecular formula is C10H15NO. The van der Waals surface area contributed by atoms with Gasteiger partial charge in [0.1, 0.15) is 0 Å². The molecule has 2 heteroatoms. The maximum atomic E-state index is 8.58. The Bertz CT molecular complexity index is 206. The van der Waals surface area contributed by atoms with Gasteiger partial charge in [0.15, 0.2) is 0 Å². The Morgan fingerprint density at radius 2 is 1.17 bits per heavy atom. The van der Waals surface area contributed by atoms with E-state index in [0.717, 1.165) is 0 Å². The minimum atomic E-state index is 0.250. The van der Waals surface area contributed by atoms with Crippen LogP contribution in [0.2, 0.25) is 0 Å². The number of nitrogens with two attached hydrogens (primary N) is 1. The highest BCUT2D eigenvalue weighted by atomic mass is 16.1. The van der Waals surface area contributed by atoms with Crippen LogP contribution in [0.1, 0.15) is 16.7 Å². The molecule has 1 aromatic carbocycles. The topological polar surface area (TPSA) is 43.1 Å². The Kier molecular flexibility index (Phi) is 4.77. The lowest BCUT2D eigenvalue weighted by molar-refractivity contribution is -0.106. The van der Waals surface area contributed by atoms with Crippen molar-refractivity contribution in [3.63, 3.8) is 0 Å². The minimum Gasteiger partial charge on any atom is -0.372 e. The van der Waals surface area contributed by atoms with Crippen LogP contribution in [0.4, 0.5) is 0 Å². The number of benzene rings is 1. The van der Waals surface area contributed by atoms with Gasteiger partial charge in [0.2, 0.25) is 6.41 Å². The summed E-state index contributed by atoms with van der Waals surface area (Å²) >= 11 is 0. The summed E-state index contributed by atoms with van der Waals surface area (Å²) in [7, 11) is 0. The van der Waals surface area contributed by atoms with E-state index in [1.807, 2.05) is 0 Å². The third-order valence-corrected chi connectivity index (χ3v) is 1.37. The molecule has 2 N–H and O–H groups in total. The van der Waals surface area contributed by atoms with Crippen LogP contribution in [-0.2, 0) is 4.79 Å². The highest BCUT2D eigenvalue weighted by molar-refractivity contribution is 5.42. The largest absolute Gasteiger partial charge is 0.372 e. The van der Waals surface area contributed by atoms with Crippen molar-refractivity contribution in [3.8, 4) is 0 Å². The standard InChI is InChI=1S/C9H12.CH3NO/c1-7-4-8(2)6-9(3)5-7;2-1-3/h4-6H,1-3H3;1H,(H2,2,3). The van der Waals surface area contributed by atoms with E-state index in [1.54, 1.807) is 0 Å². The SMILES string of the molecule is Cc1cc(C)cc(C)c1.NC=O. The summed E-state index contributed by atoms with van der Waals surface area (Å²) in [5.74, 6) is 0. The molecule has 0 spiro atoms. The third-order valence-electron chi connectivity index (χ3n) is 1.37. The molecule has 0 aromatic heterocycles. The summed E-state index contributed by atoms with van der Waals surface area (Å²) < 4.78 is 0. The first-order valence-corrected chi connectivity index (χ1v) is 3.80. The normalized spacial score (nSPS) is 8.25. The van der Waals surface area contributed by atoms with Crippen molar-refractivity contribution in [2.75, 3.05) is 0 Å². The van der Waals surface area contributed by atoms with Gasteiger partial charge in [-0.2, -0.15) is 0 Å². The van der Waals surface area contributed by atoms with Gasteiger partial charge in [-0.1, -0.05) is 34.9 Å². The minimum absolute atomic E-state index is 0.250. The Morgan fingerprint density at radius 1 is 1.00 bits per heavy atom. The van der Waals surface area contributed by atoms with E-state index >= 15 is 0 Å². The van der Waals surface area contributed by atoms with Gasteiger partial charge in [-0.25, -0.2) is 0 Å². The summed E-state index contributed by atoms with van der Waals surface area (Å²) in [6.45, 7) is 6.38. The smallest absolute Gasteiger partial charge is 0.204 e. The molecule has 0 atom stereocenters. The van der Waals surface area contributed by atoms with E-state index in [1.165, 1.54) is 16.7 Å². The van der Waals surface area contributed by atoms with E-state index < -0.39 is 0 Å². The molecule has 1 amide bonds. The molecule has 0 unspecified atom stereocenters. The van der Waals surface area contributed by atoms with Crippen molar-refractivity contribution in [3.05, 3.63) is 34.9 Å². The fraction of sp³-hybridized carbons (Fsp3) is 0.300. The predicted octanol–water partition coefficient (Wildman–Crippen LogP) is 1.71. The average Bonchev–Trinajstić information content (AvgIpc) is 1.84. The zero-order valence-corrected chi connectivity index (χ0v) is 7.79. The lowest BCUT2D eigenvalue weighted by Crippen LogP contribution is -1.82. The van der Waals surface area contributed by atoms with Gasteiger partial charge in [-0.15, -0.1) is 0 Å². The van der Waals surface area contributed by atoms with Crippen LogP contribution >= 0.6 is 0 Å². The van der Waals surface area contributed by atoms with E-state index in [2.05, 4.69) is 44.7 Å². The summed E-state index contributed by atoms with van der Waals surface area (Å²) in [6, 6.07) is 6.56. The van der Waals surface area contributed by atoms with Crippen molar-refractivity contribution < 1.29 is 4.79 Å². The number of rotatable bonds is 0. The molecule has 2 nitrogen and oxygen atoms in total. The van der Waals surface area contributed by atoms with Crippen LogP contribution in [0.5, 0.6) is 0 Å². The van der Waals surface area contributed by atoms with E-state index in [-0.39, 0.29) is 6.41 Å². The van der Waals surface area contributed by atoms with E-state index in [4.69, 9.17) is 4.79 Å². The van der Waals surface area contributed by atoms with Crippen LogP contribution in [-0.4, -0.2) is 6.41 Å². The molecule has 1 rings (SSSR count). The van der Waals surface area contributed by atoms with E-state index in [0.29, 0.717) is 0 Å². The second kappa shape index (κ2) is 5.35. The summed E-state index contributed by atoms with van der Waals surface area (Å²) in [6.07, 6.45) is 0.250. The molecular weight excluding hydrogens is 150 g/mol. The molecule has 12 heavy (non-hydrogen) atoms. The zero-order chi connectivity index (χ0) is 9.56. The van der Waals surface area contributed by atoms with Crippen LogP contribution in [0.3, 0.4) is 0 Å². The van der Waals surface area contributed by atoms with Gasteiger partial charge in [0.25, 0.3) is 0 Å². The first kappa shape index (κ1) is 10.7. The maximum absolute atomic E-state index is 8.58. The number of aryl methyl sites for hydroxylation is 3. The number of carbonyl (C=O) groups excluding carboxylic acids is 1. The fourth-order valence-corrected chi connectivity index (χ4v) is 1.20. The number of hydrogen-bond acceptors (Lipinski definition) is 1. The lowest BCUT2D eigenvalue weighted by atomic mass is 10.1. The molecule has 0 aliphatic heterocycles. The Balaban J connectivity index is 0.000000354. The molecule has 0 saturated heterocycles. The van der Waals surface area contributed by atoms with Crippen molar-refractivity contribution in [2.24, 2.45) is 5.73 Å². The van der Waals surface area contributed by atoms with Gasteiger partial charge < -0.3 is 5.73 Å². The molecule has 0 fully saturated rings. The van der Waals surface area contributed by atoms with Gasteiger partial charge in [0, 0.05) is 0 Å². The first-order chi connectivity index (χ1) is 5.60. The second-order valence-electron chi connectivity index (χ2n) is 2.80. The van der Waals surface area contributed by atoms with Gasteiger partial charge in [-0.3, -0.25) is 4.79 Å². The molecule has 0 saturated carbocycles. The van der Waals surface area contributed by atoms with Gasteiger partial charge in [-0.05, 0) is 20.8 Å². The summed E-state index contributed by atoms with van der Waals surface area (Å²) in [5.41, 5.74) is 8.23. The lowest BCUT2D eigenvalue weighted by Gasteiger charge is -1.96. The molecule has 0 heterocycles. The first-order valence-electron chi connectivity index (χ1n) is 3.80. The van der Waals surface area contributed by atoms with Gasteiger partial charge >= 0.3 is 0 Å². The van der Waals surface area contributed by atoms with Crippen molar-refractivity contribution in [1.29, 1.82) is 0 Å². The average molecular weight is 165 g/mol. The highest BCUT2D eigenvalue weighted by Gasteiger charge is 1.87. The number of primary amides is 1. The molecule has 0 aliphatic carbocycles. The second-order valence-corrected chi connectivity index (χ2v) is 2.80. The number of hydrogen-bond donors (Lipinski definition) is 1. The summed E-state index contributed by atoms with van der Waals surface area (Å²) in [5, 5.41) is 0. The monoisotopic (exact) mass is 165 g/mol. The van der Waals surface area contributed by atoms with Crippen molar-refractivity contribution >= 4 is 6.41 Å². The Hall–Kier alpha value is -1.31. The highest BCUT2D eigenvalue weighted by Crippen LogP contribution is 2.06. The maximum Gasteiger partial charge on any atom is 0.204 e. The van der Waals surface area contributed by atoms with Crippen LogP contribution in [0.15, 0.2) is 18.2 Å². The fourth-order valence-electron chi connectivity index (χ4n) is 1.20. The van der Waals surface area contributed by atoms with Crippen molar-refractivity contribution in [1.82, 2.24) is 0 Å².